The maximum absolute atomic E-state index is 13.6. The third-order valence-corrected chi connectivity index (χ3v) is 2.97. The quantitative estimate of drug-likeness (QED) is 0.766. The molecule has 0 aliphatic rings. The van der Waals surface area contributed by atoms with Crippen molar-refractivity contribution < 1.29 is 9.50 Å². The lowest BCUT2D eigenvalue weighted by Gasteiger charge is -2.23. The van der Waals surface area contributed by atoms with Gasteiger partial charge in [0.1, 0.15) is 5.82 Å². The van der Waals surface area contributed by atoms with Crippen molar-refractivity contribution in [1.82, 2.24) is 5.32 Å². The molecule has 0 aromatic heterocycles. The molecular weight excluding hydrogens is 217 g/mol. The summed E-state index contributed by atoms with van der Waals surface area (Å²) in [6, 6.07) is 7.23. The summed E-state index contributed by atoms with van der Waals surface area (Å²) < 4.78 is 13.6. The zero-order chi connectivity index (χ0) is 12.7. The molecule has 0 fully saturated rings. The van der Waals surface area contributed by atoms with Crippen molar-refractivity contribution in [1.29, 1.82) is 0 Å². The first-order valence-electron chi connectivity index (χ1n) is 6.30. The molecule has 0 radical (unpaired) electrons. The summed E-state index contributed by atoms with van der Waals surface area (Å²) in [7, 11) is 0. The van der Waals surface area contributed by atoms with Crippen LogP contribution in [0, 0.1) is 5.82 Å². The van der Waals surface area contributed by atoms with E-state index in [2.05, 4.69) is 12.2 Å². The zero-order valence-electron chi connectivity index (χ0n) is 10.6. The molecule has 2 unspecified atom stereocenters. The number of halogens is 1. The maximum atomic E-state index is 13.6. The lowest BCUT2D eigenvalue weighted by Crippen LogP contribution is -2.31. The first-order valence-corrected chi connectivity index (χ1v) is 6.30. The molecule has 0 saturated carbocycles. The van der Waals surface area contributed by atoms with Crippen LogP contribution in [-0.2, 0) is 0 Å². The number of hydrogen-bond donors (Lipinski definition) is 2. The summed E-state index contributed by atoms with van der Waals surface area (Å²) in [6.07, 6.45) is 2.54. The van der Waals surface area contributed by atoms with E-state index in [4.69, 9.17) is 5.11 Å². The number of aliphatic hydroxyl groups excluding tert-OH is 1. The average Bonchev–Trinajstić information content (AvgIpc) is 2.34. The second-order valence-electron chi connectivity index (χ2n) is 4.42. The molecule has 0 saturated heterocycles. The second kappa shape index (κ2) is 7.41. The van der Waals surface area contributed by atoms with Crippen molar-refractivity contribution in [2.75, 3.05) is 6.61 Å². The maximum Gasteiger partial charge on any atom is 0.127 e. The van der Waals surface area contributed by atoms with Crippen molar-refractivity contribution in [3.05, 3.63) is 35.6 Å². The van der Waals surface area contributed by atoms with Gasteiger partial charge in [-0.15, -0.1) is 0 Å². The first-order chi connectivity index (χ1) is 8.19. The minimum Gasteiger partial charge on any atom is -0.396 e. The van der Waals surface area contributed by atoms with Crippen LogP contribution >= 0.6 is 0 Å². The van der Waals surface area contributed by atoms with Gasteiger partial charge in [0.25, 0.3) is 0 Å². The minimum absolute atomic E-state index is 0.0462. The van der Waals surface area contributed by atoms with E-state index in [0.29, 0.717) is 0 Å². The van der Waals surface area contributed by atoms with Crippen molar-refractivity contribution in [3.8, 4) is 0 Å². The number of nitrogens with one attached hydrogen (secondary N) is 1. The van der Waals surface area contributed by atoms with Gasteiger partial charge in [-0.3, -0.25) is 0 Å². The third-order valence-electron chi connectivity index (χ3n) is 2.97. The Morgan fingerprint density at radius 3 is 2.65 bits per heavy atom. The lowest BCUT2D eigenvalue weighted by atomic mass is 10.0. The molecule has 0 bridgehead atoms. The van der Waals surface area contributed by atoms with Crippen molar-refractivity contribution in [2.24, 2.45) is 0 Å². The lowest BCUT2D eigenvalue weighted by molar-refractivity contribution is 0.273. The first kappa shape index (κ1) is 14.1. The molecule has 0 heterocycles. The topological polar surface area (TPSA) is 32.3 Å². The Kier molecular flexibility index (Phi) is 6.16. The van der Waals surface area contributed by atoms with Crippen LogP contribution in [0.2, 0.25) is 0 Å². The highest BCUT2D eigenvalue weighted by Crippen LogP contribution is 2.20. The fourth-order valence-electron chi connectivity index (χ4n) is 2.01. The highest BCUT2D eigenvalue weighted by Gasteiger charge is 2.15. The van der Waals surface area contributed by atoms with Gasteiger partial charge in [0, 0.05) is 24.3 Å². The Hall–Kier alpha value is -0.930. The van der Waals surface area contributed by atoms with Crippen LogP contribution in [0.5, 0.6) is 0 Å². The summed E-state index contributed by atoms with van der Waals surface area (Å²) >= 11 is 0. The molecular formula is C14H22FNO. The van der Waals surface area contributed by atoms with Gasteiger partial charge in [0.2, 0.25) is 0 Å². The molecule has 0 aliphatic heterocycles. The molecule has 2 nitrogen and oxygen atoms in total. The van der Waals surface area contributed by atoms with E-state index in [-0.39, 0.29) is 24.5 Å². The van der Waals surface area contributed by atoms with Gasteiger partial charge in [-0.05, 0) is 32.3 Å². The summed E-state index contributed by atoms with van der Waals surface area (Å²) in [6.45, 7) is 4.32. The smallest absolute Gasteiger partial charge is 0.127 e. The standard InChI is InChI=1S/C14H22FNO/c1-3-14(16-11(2)7-6-10-17)12-8-4-5-9-13(12)15/h4-5,8-9,11,14,16-17H,3,6-7,10H2,1-2H3. The normalized spacial score (nSPS) is 14.6. The molecule has 1 aromatic rings. The molecule has 96 valence electrons. The second-order valence-corrected chi connectivity index (χ2v) is 4.42. The van der Waals surface area contributed by atoms with Crippen LogP contribution in [0.25, 0.3) is 0 Å². The number of aliphatic hydroxyl groups is 1. The van der Waals surface area contributed by atoms with Gasteiger partial charge in [-0.1, -0.05) is 25.1 Å². The summed E-state index contributed by atoms with van der Waals surface area (Å²) in [5.41, 5.74) is 0.728. The van der Waals surface area contributed by atoms with Gasteiger partial charge in [-0.2, -0.15) is 0 Å². The summed E-state index contributed by atoms with van der Waals surface area (Å²) in [4.78, 5) is 0. The molecule has 0 spiro atoms. The van der Waals surface area contributed by atoms with Gasteiger partial charge in [-0.25, -0.2) is 4.39 Å². The van der Waals surface area contributed by atoms with E-state index >= 15 is 0 Å². The minimum atomic E-state index is -0.152. The fraction of sp³-hybridized carbons (Fsp3) is 0.571. The highest BCUT2D eigenvalue weighted by atomic mass is 19.1. The van der Waals surface area contributed by atoms with E-state index in [1.54, 1.807) is 6.07 Å². The van der Waals surface area contributed by atoms with Crippen LogP contribution in [0.4, 0.5) is 4.39 Å². The Morgan fingerprint density at radius 1 is 1.35 bits per heavy atom. The molecule has 0 amide bonds. The van der Waals surface area contributed by atoms with Crippen LogP contribution < -0.4 is 5.32 Å². The molecule has 2 N–H and O–H groups in total. The van der Waals surface area contributed by atoms with Gasteiger partial charge in [0.05, 0.1) is 0 Å². The number of hydrogen-bond acceptors (Lipinski definition) is 2. The fourth-order valence-corrected chi connectivity index (χ4v) is 2.01. The van der Waals surface area contributed by atoms with E-state index < -0.39 is 0 Å². The number of benzene rings is 1. The summed E-state index contributed by atoms with van der Waals surface area (Å²) in [5.74, 6) is -0.152. The predicted molar refractivity (Wildman–Crippen MR) is 68.3 cm³/mol. The Bertz CT molecular complexity index is 330. The Balaban J connectivity index is 2.62. The average molecular weight is 239 g/mol. The van der Waals surface area contributed by atoms with Gasteiger partial charge >= 0.3 is 0 Å². The monoisotopic (exact) mass is 239 g/mol. The van der Waals surface area contributed by atoms with E-state index in [9.17, 15) is 4.39 Å². The molecule has 1 rings (SSSR count). The van der Waals surface area contributed by atoms with Gasteiger partial charge in [0.15, 0.2) is 0 Å². The molecule has 3 heteroatoms. The SMILES string of the molecule is CCC(NC(C)CCCO)c1ccccc1F. The van der Waals surface area contributed by atoms with Crippen molar-refractivity contribution in [3.63, 3.8) is 0 Å². The Morgan fingerprint density at radius 2 is 2.06 bits per heavy atom. The largest absolute Gasteiger partial charge is 0.396 e. The summed E-state index contributed by atoms with van der Waals surface area (Å²) in [5, 5.41) is 12.2. The van der Waals surface area contributed by atoms with Crippen LogP contribution in [0.15, 0.2) is 24.3 Å². The van der Waals surface area contributed by atoms with Crippen LogP contribution in [0.1, 0.15) is 44.7 Å². The van der Waals surface area contributed by atoms with E-state index in [1.165, 1.54) is 6.07 Å². The van der Waals surface area contributed by atoms with Crippen LogP contribution in [-0.4, -0.2) is 17.8 Å². The molecule has 0 aliphatic carbocycles. The van der Waals surface area contributed by atoms with Crippen molar-refractivity contribution in [2.45, 2.75) is 45.2 Å². The highest BCUT2D eigenvalue weighted by molar-refractivity contribution is 5.21. The molecule has 2 atom stereocenters. The molecule has 1 aromatic carbocycles. The predicted octanol–water partition coefficient (Wildman–Crippen LogP) is 3.03. The zero-order valence-corrected chi connectivity index (χ0v) is 10.6. The van der Waals surface area contributed by atoms with Gasteiger partial charge < -0.3 is 10.4 Å². The van der Waals surface area contributed by atoms with E-state index in [1.807, 2.05) is 19.1 Å². The third kappa shape index (κ3) is 4.44. The molecule has 17 heavy (non-hydrogen) atoms. The number of rotatable bonds is 7. The van der Waals surface area contributed by atoms with Crippen molar-refractivity contribution >= 4 is 0 Å². The Labute approximate surface area is 103 Å². The van der Waals surface area contributed by atoms with Crippen LogP contribution in [0.3, 0.4) is 0 Å². The van der Waals surface area contributed by atoms with E-state index in [0.717, 1.165) is 24.8 Å².